The highest BCUT2D eigenvalue weighted by atomic mass is 35.5. The predicted molar refractivity (Wildman–Crippen MR) is 87.6 cm³/mol. The molecule has 1 aliphatic carbocycles. The Balaban J connectivity index is 1.68. The summed E-state index contributed by atoms with van der Waals surface area (Å²) in [6, 6.07) is 7.78. The van der Waals surface area contributed by atoms with Gasteiger partial charge in [0.05, 0.1) is 11.2 Å². The predicted octanol–water partition coefficient (Wildman–Crippen LogP) is 5.07. The molecule has 118 valence electrons. The van der Waals surface area contributed by atoms with Crippen LogP contribution in [0.1, 0.15) is 52.0 Å². The van der Waals surface area contributed by atoms with Crippen molar-refractivity contribution in [2.75, 3.05) is 0 Å². The van der Waals surface area contributed by atoms with Gasteiger partial charge in [-0.1, -0.05) is 23.7 Å². The molecule has 2 aliphatic rings. The highest BCUT2D eigenvalue weighted by Crippen LogP contribution is 2.46. The van der Waals surface area contributed by atoms with Gasteiger partial charge in [0.15, 0.2) is 0 Å². The minimum Gasteiger partial charge on any atom is -0.398 e. The van der Waals surface area contributed by atoms with E-state index in [9.17, 15) is 4.39 Å². The molecule has 1 heterocycles. The normalized spacial score (nSPS) is 26.0. The maximum absolute atomic E-state index is 14.6. The maximum Gasteiger partial charge on any atom is 0.525 e. The molecule has 3 rings (SSSR count). The molecule has 0 unspecified atom stereocenters. The average Bonchev–Trinajstić information content (AvgIpc) is 2.59. The van der Waals surface area contributed by atoms with E-state index >= 15 is 0 Å². The monoisotopic (exact) mass is 322 g/mol. The van der Waals surface area contributed by atoms with Crippen LogP contribution in [0.5, 0.6) is 0 Å². The Labute approximate surface area is 136 Å². The van der Waals surface area contributed by atoms with Crippen molar-refractivity contribution in [1.82, 2.24) is 0 Å². The first-order valence-electron chi connectivity index (χ1n) is 7.68. The highest BCUT2D eigenvalue weighted by molar-refractivity contribution is 6.53. The molecule has 0 atom stereocenters. The van der Waals surface area contributed by atoms with Crippen molar-refractivity contribution >= 4 is 18.7 Å². The second kappa shape index (κ2) is 5.36. The van der Waals surface area contributed by atoms with Gasteiger partial charge >= 0.3 is 7.12 Å². The van der Waals surface area contributed by atoms with Gasteiger partial charge in [-0.15, -0.1) is 0 Å². The number of hydrogen-bond acceptors (Lipinski definition) is 2. The zero-order valence-corrected chi connectivity index (χ0v) is 14.2. The quantitative estimate of drug-likeness (QED) is 0.708. The van der Waals surface area contributed by atoms with E-state index in [2.05, 4.69) is 0 Å². The van der Waals surface area contributed by atoms with Gasteiger partial charge < -0.3 is 9.31 Å². The van der Waals surface area contributed by atoms with Gasteiger partial charge in [0.1, 0.15) is 5.73 Å². The molecule has 1 saturated carbocycles. The van der Waals surface area contributed by atoms with E-state index in [1.165, 1.54) is 5.56 Å². The topological polar surface area (TPSA) is 18.5 Å². The molecule has 0 radical (unpaired) electrons. The molecular formula is C17H21BClFO2. The summed E-state index contributed by atoms with van der Waals surface area (Å²) >= 11 is 5.89. The summed E-state index contributed by atoms with van der Waals surface area (Å²) in [5.41, 5.74) is 0.751. The molecular weight excluding hydrogens is 301 g/mol. The number of halogens is 2. The Bertz CT molecular complexity index is 586. The smallest absolute Gasteiger partial charge is 0.398 e. The number of allylic oxidation sites excluding steroid dienone is 1. The third kappa shape index (κ3) is 2.73. The fourth-order valence-corrected chi connectivity index (χ4v) is 2.94. The van der Waals surface area contributed by atoms with E-state index in [1.54, 1.807) is 0 Å². The molecule has 2 fully saturated rings. The summed E-state index contributed by atoms with van der Waals surface area (Å²) in [4.78, 5) is 0. The maximum atomic E-state index is 14.6. The zero-order chi connectivity index (χ0) is 16.1. The van der Waals surface area contributed by atoms with E-state index < -0.39 is 18.3 Å². The van der Waals surface area contributed by atoms with Gasteiger partial charge in [-0.25, -0.2) is 4.39 Å². The Kier molecular flexibility index (Phi) is 3.91. The lowest BCUT2D eigenvalue weighted by Crippen LogP contribution is -2.41. The van der Waals surface area contributed by atoms with E-state index in [-0.39, 0.29) is 5.73 Å². The molecule has 0 N–H and O–H groups in total. The van der Waals surface area contributed by atoms with Crippen LogP contribution in [0.4, 0.5) is 4.39 Å². The first-order chi connectivity index (χ1) is 10.2. The van der Waals surface area contributed by atoms with Gasteiger partial charge in [-0.2, -0.15) is 0 Å². The van der Waals surface area contributed by atoms with Gasteiger partial charge in [0.25, 0.3) is 0 Å². The van der Waals surface area contributed by atoms with Gasteiger partial charge in [0.2, 0.25) is 0 Å². The van der Waals surface area contributed by atoms with E-state index in [0.29, 0.717) is 5.92 Å². The van der Waals surface area contributed by atoms with Gasteiger partial charge in [-0.3, -0.25) is 0 Å². The molecule has 1 aliphatic heterocycles. The minimum atomic E-state index is -0.869. The van der Waals surface area contributed by atoms with Crippen LogP contribution >= 0.6 is 11.6 Å². The van der Waals surface area contributed by atoms with Crippen LogP contribution in [0, 0.1) is 0 Å². The first kappa shape index (κ1) is 16.0. The molecule has 0 amide bonds. The average molecular weight is 323 g/mol. The van der Waals surface area contributed by atoms with Gasteiger partial charge in [-0.05, 0) is 69.7 Å². The molecule has 0 bridgehead atoms. The highest BCUT2D eigenvalue weighted by Gasteiger charge is 2.54. The standard InChI is InChI=1S/C17H21BClFO2/c1-16(2)17(3,4)22-18(21-16)15(20)13-9-12(10-13)11-5-7-14(19)8-6-11/h5-8,12H,9-10H2,1-4H3. The van der Waals surface area contributed by atoms with Crippen molar-refractivity contribution < 1.29 is 13.7 Å². The van der Waals surface area contributed by atoms with E-state index in [4.69, 9.17) is 20.9 Å². The lowest BCUT2D eigenvalue weighted by molar-refractivity contribution is 0.00578. The minimum absolute atomic E-state index is 0.246. The van der Waals surface area contributed by atoms with Crippen LogP contribution in [0.25, 0.3) is 0 Å². The molecule has 0 spiro atoms. The van der Waals surface area contributed by atoms with Crippen molar-refractivity contribution in [2.24, 2.45) is 0 Å². The second-order valence-corrected chi connectivity index (χ2v) is 7.63. The number of hydrogen-bond donors (Lipinski definition) is 0. The zero-order valence-electron chi connectivity index (χ0n) is 13.5. The lowest BCUT2D eigenvalue weighted by atomic mass is 9.70. The summed E-state index contributed by atoms with van der Waals surface area (Å²) < 4.78 is 26.1. The van der Waals surface area contributed by atoms with Crippen LogP contribution < -0.4 is 0 Å². The molecule has 0 aromatic heterocycles. The third-order valence-corrected chi connectivity index (χ3v) is 5.38. The van der Waals surface area contributed by atoms with Gasteiger partial charge in [0, 0.05) is 5.02 Å². The van der Waals surface area contributed by atoms with Crippen molar-refractivity contribution in [3.63, 3.8) is 0 Å². The lowest BCUT2D eigenvalue weighted by Gasteiger charge is -2.32. The van der Waals surface area contributed by atoms with Crippen LogP contribution in [-0.4, -0.2) is 18.3 Å². The Hall–Kier alpha value is -0.835. The van der Waals surface area contributed by atoms with Crippen molar-refractivity contribution in [3.8, 4) is 0 Å². The summed E-state index contributed by atoms with van der Waals surface area (Å²) in [5, 5.41) is 0.724. The second-order valence-electron chi connectivity index (χ2n) is 7.20. The number of rotatable bonds is 2. The summed E-state index contributed by atoms with van der Waals surface area (Å²) in [5.74, 6) is 0.362. The van der Waals surface area contributed by atoms with Crippen molar-refractivity contribution in [1.29, 1.82) is 0 Å². The third-order valence-electron chi connectivity index (χ3n) is 5.12. The summed E-state index contributed by atoms with van der Waals surface area (Å²) in [7, 11) is -0.869. The van der Waals surface area contributed by atoms with E-state index in [0.717, 1.165) is 23.4 Å². The fourth-order valence-electron chi connectivity index (χ4n) is 2.81. The van der Waals surface area contributed by atoms with Crippen molar-refractivity contribution in [3.05, 3.63) is 46.2 Å². The van der Waals surface area contributed by atoms with Crippen LogP contribution in [0.3, 0.4) is 0 Å². The molecule has 1 aromatic rings. The van der Waals surface area contributed by atoms with Crippen LogP contribution in [0.2, 0.25) is 5.02 Å². The van der Waals surface area contributed by atoms with Crippen LogP contribution in [-0.2, 0) is 9.31 Å². The SMILES string of the molecule is CC1(C)OB(C(F)=C2CC(c3ccc(Cl)cc3)C2)OC1(C)C. The molecule has 2 nitrogen and oxygen atoms in total. The Morgan fingerprint density at radius 1 is 1.09 bits per heavy atom. The summed E-state index contributed by atoms with van der Waals surface area (Å²) in [6.45, 7) is 7.73. The van der Waals surface area contributed by atoms with Crippen molar-refractivity contribution in [2.45, 2.75) is 57.7 Å². The molecule has 1 saturated heterocycles. The largest absolute Gasteiger partial charge is 0.525 e. The Morgan fingerprint density at radius 2 is 1.59 bits per heavy atom. The van der Waals surface area contributed by atoms with E-state index in [1.807, 2.05) is 52.0 Å². The Morgan fingerprint density at radius 3 is 2.09 bits per heavy atom. The molecule has 22 heavy (non-hydrogen) atoms. The molecule has 5 heteroatoms. The molecule has 1 aromatic carbocycles. The fraction of sp³-hybridized carbons (Fsp3) is 0.529. The number of benzene rings is 1. The summed E-state index contributed by atoms with van der Waals surface area (Å²) in [6.07, 6.45) is 1.44. The first-order valence-corrected chi connectivity index (χ1v) is 8.06. The van der Waals surface area contributed by atoms with Crippen LogP contribution in [0.15, 0.2) is 35.6 Å².